The summed E-state index contributed by atoms with van der Waals surface area (Å²) >= 11 is 0. The number of hydrogen-bond donors (Lipinski definition) is 1. The van der Waals surface area contributed by atoms with Crippen LogP contribution in [0, 0.1) is 5.82 Å². The highest BCUT2D eigenvalue weighted by Crippen LogP contribution is 2.37. The van der Waals surface area contributed by atoms with Gasteiger partial charge in [0.05, 0.1) is 12.3 Å². The molecule has 0 radical (unpaired) electrons. The zero-order valence-corrected chi connectivity index (χ0v) is 13.4. The van der Waals surface area contributed by atoms with E-state index in [2.05, 4.69) is 24.1 Å². The van der Waals surface area contributed by atoms with E-state index in [1.54, 1.807) is 19.2 Å². The second-order valence-corrected chi connectivity index (χ2v) is 5.77. The topological polar surface area (TPSA) is 24.5 Å². The number of benzene rings is 1. The normalized spacial score (nSPS) is 16.0. The van der Waals surface area contributed by atoms with Crippen molar-refractivity contribution < 1.29 is 9.13 Å². The van der Waals surface area contributed by atoms with Crippen LogP contribution < -0.4 is 10.2 Å². The quantitative estimate of drug-likeness (QED) is 0.754. The number of hydrogen-bond acceptors (Lipinski definition) is 3. The van der Waals surface area contributed by atoms with Gasteiger partial charge in [0.2, 0.25) is 0 Å². The molecule has 0 aliphatic heterocycles. The second kappa shape index (κ2) is 7.76. The Morgan fingerprint density at radius 2 is 2.19 bits per heavy atom. The van der Waals surface area contributed by atoms with Gasteiger partial charge in [-0.3, -0.25) is 0 Å². The number of anilines is 1. The summed E-state index contributed by atoms with van der Waals surface area (Å²) in [6.45, 7) is 6.56. The smallest absolute Gasteiger partial charge is 0.146 e. The van der Waals surface area contributed by atoms with Crippen LogP contribution in [0.25, 0.3) is 0 Å². The maximum atomic E-state index is 14.5. The van der Waals surface area contributed by atoms with Crippen LogP contribution in [-0.2, 0) is 4.74 Å². The van der Waals surface area contributed by atoms with Gasteiger partial charge in [-0.25, -0.2) is 4.39 Å². The number of nitrogens with one attached hydrogen (secondary N) is 1. The van der Waals surface area contributed by atoms with Gasteiger partial charge in [-0.1, -0.05) is 19.1 Å². The minimum atomic E-state index is -0.124. The predicted octanol–water partition coefficient (Wildman–Crippen LogP) is 3.50. The maximum Gasteiger partial charge on any atom is 0.146 e. The van der Waals surface area contributed by atoms with Crippen molar-refractivity contribution in [1.82, 2.24) is 5.32 Å². The highest BCUT2D eigenvalue weighted by molar-refractivity contribution is 5.57. The third kappa shape index (κ3) is 4.17. The molecule has 3 nitrogen and oxygen atoms in total. The van der Waals surface area contributed by atoms with Crippen LogP contribution in [-0.4, -0.2) is 32.8 Å². The van der Waals surface area contributed by atoms with Crippen LogP contribution in [0.3, 0.4) is 0 Å². The molecule has 1 aromatic carbocycles. The highest BCUT2D eigenvalue weighted by atomic mass is 19.1. The van der Waals surface area contributed by atoms with Crippen molar-refractivity contribution in [1.29, 1.82) is 0 Å². The molecule has 0 saturated heterocycles. The molecule has 1 aliphatic carbocycles. The van der Waals surface area contributed by atoms with Gasteiger partial charge in [0.1, 0.15) is 5.82 Å². The SMILES string of the molecule is CCCNC(C)c1cccc(F)c1N(CCOC)C1CC1. The first-order valence-corrected chi connectivity index (χ1v) is 7.96. The van der Waals surface area contributed by atoms with Crippen molar-refractivity contribution in [2.45, 2.75) is 45.2 Å². The number of rotatable bonds is 9. The Morgan fingerprint density at radius 1 is 1.43 bits per heavy atom. The van der Waals surface area contributed by atoms with Gasteiger partial charge in [0.25, 0.3) is 0 Å². The van der Waals surface area contributed by atoms with Crippen molar-refractivity contribution in [3.05, 3.63) is 29.6 Å². The molecule has 1 aliphatic rings. The molecule has 118 valence electrons. The fourth-order valence-corrected chi connectivity index (χ4v) is 2.71. The predicted molar refractivity (Wildman–Crippen MR) is 85.4 cm³/mol. The van der Waals surface area contributed by atoms with Crippen molar-refractivity contribution in [3.63, 3.8) is 0 Å². The van der Waals surface area contributed by atoms with E-state index in [0.29, 0.717) is 12.6 Å². The standard InChI is InChI=1S/C17H27FN2O/c1-4-10-19-13(2)15-6-5-7-16(18)17(15)20(11-12-21-3)14-8-9-14/h5-7,13-14,19H,4,8-12H2,1-3H3. The molecule has 1 atom stereocenters. The summed E-state index contributed by atoms with van der Waals surface area (Å²) in [6, 6.07) is 6.02. The molecule has 1 saturated carbocycles. The third-order valence-corrected chi connectivity index (χ3v) is 4.00. The van der Waals surface area contributed by atoms with E-state index in [-0.39, 0.29) is 11.9 Å². The van der Waals surface area contributed by atoms with Gasteiger partial charge in [-0.15, -0.1) is 0 Å². The third-order valence-electron chi connectivity index (χ3n) is 4.00. The molecule has 0 spiro atoms. The Kier molecular flexibility index (Phi) is 6.00. The van der Waals surface area contributed by atoms with Gasteiger partial charge >= 0.3 is 0 Å². The molecule has 4 heteroatoms. The first-order chi connectivity index (χ1) is 10.2. The lowest BCUT2D eigenvalue weighted by atomic mass is 10.0. The van der Waals surface area contributed by atoms with E-state index < -0.39 is 0 Å². The fraction of sp³-hybridized carbons (Fsp3) is 0.647. The lowest BCUT2D eigenvalue weighted by Gasteiger charge is -2.29. The van der Waals surface area contributed by atoms with Gasteiger partial charge in [-0.2, -0.15) is 0 Å². The Balaban J connectivity index is 2.26. The van der Waals surface area contributed by atoms with Crippen molar-refractivity contribution in [3.8, 4) is 0 Å². The maximum absolute atomic E-state index is 14.5. The first kappa shape index (κ1) is 16.2. The summed E-state index contributed by atoms with van der Waals surface area (Å²) in [5, 5.41) is 3.46. The van der Waals surface area contributed by atoms with Crippen molar-refractivity contribution in [2.24, 2.45) is 0 Å². The second-order valence-electron chi connectivity index (χ2n) is 5.77. The van der Waals surface area contributed by atoms with Gasteiger partial charge in [0.15, 0.2) is 0 Å². The summed E-state index contributed by atoms with van der Waals surface area (Å²) in [5.41, 5.74) is 1.81. The van der Waals surface area contributed by atoms with Gasteiger partial charge < -0.3 is 15.0 Å². The molecule has 0 bridgehead atoms. The first-order valence-electron chi connectivity index (χ1n) is 7.96. The molecule has 1 fully saturated rings. The Hall–Kier alpha value is -1.13. The van der Waals surface area contributed by atoms with Gasteiger partial charge in [0, 0.05) is 25.7 Å². The molecule has 0 heterocycles. The van der Waals surface area contributed by atoms with Crippen LogP contribution in [0.5, 0.6) is 0 Å². The highest BCUT2D eigenvalue weighted by Gasteiger charge is 2.32. The molecule has 0 aromatic heterocycles. The Bertz CT molecular complexity index is 448. The van der Waals surface area contributed by atoms with Crippen LogP contribution in [0.1, 0.15) is 44.7 Å². The molecular formula is C17H27FN2O. The van der Waals surface area contributed by atoms with Crippen molar-refractivity contribution >= 4 is 5.69 Å². The van der Waals surface area contributed by atoms with Crippen LogP contribution in [0.2, 0.25) is 0 Å². The zero-order chi connectivity index (χ0) is 15.2. The fourth-order valence-electron chi connectivity index (χ4n) is 2.71. The van der Waals surface area contributed by atoms with E-state index in [1.165, 1.54) is 0 Å². The van der Waals surface area contributed by atoms with E-state index in [4.69, 9.17) is 4.74 Å². The van der Waals surface area contributed by atoms with Crippen LogP contribution in [0.15, 0.2) is 18.2 Å². The number of ether oxygens (including phenoxy) is 1. The van der Waals surface area contributed by atoms with E-state index in [1.807, 2.05) is 6.07 Å². The molecule has 2 rings (SSSR count). The molecule has 1 aromatic rings. The summed E-state index contributed by atoms with van der Waals surface area (Å²) in [7, 11) is 1.69. The number of nitrogens with zero attached hydrogens (tertiary/aromatic N) is 1. The molecule has 0 amide bonds. The average molecular weight is 294 g/mol. The Morgan fingerprint density at radius 3 is 2.81 bits per heavy atom. The van der Waals surface area contributed by atoms with Crippen molar-refractivity contribution in [2.75, 3.05) is 31.7 Å². The Labute approximate surface area is 127 Å². The number of para-hydroxylation sites is 1. The number of halogens is 1. The van der Waals surface area contributed by atoms with E-state index in [9.17, 15) is 4.39 Å². The van der Waals surface area contributed by atoms with E-state index in [0.717, 1.165) is 43.6 Å². The monoisotopic (exact) mass is 294 g/mol. The largest absolute Gasteiger partial charge is 0.383 e. The minimum Gasteiger partial charge on any atom is -0.383 e. The molecule has 1 N–H and O–H groups in total. The van der Waals surface area contributed by atoms with E-state index >= 15 is 0 Å². The minimum absolute atomic E-state index is 0.124. The molecule has 1 unspecified atom stereocenters. The summed E-state index contributed by atoms with van der Waals surface area (Å²) in [6.07, 6.45) is 3.37. The molecule has 21 heavy (non-hydrogen) atoms. The molecular weight excluding hydrogens is 267 g/mol. The lowest BCUT2D eigenvalue weighted by Crippen LogP contribution is -2.32. The van der Waals surface area contributed by atoms with Gasteiger partial charge in [-0.05, 0) is 44.4 Å². The summed E-state index contributed by atoms with van der Waals surface area (Å²) in [4.78, 5) is 2.19. The van der Waals surface area contributed by atoms with Crippen LogP contribution >= 0.6 is 0 Å². The number of methoxy groups -OCH3 is 1. The summed E-state index contributed by atoms with van der Waals surface area (Å²) < 4.78 is 19.7. The lowest BCUT2D eigenvalue weighted by molar-refractivity contribution is 0.204. The van der Waals surface area contributed by atoms with Crippen LogP contribution in [0.4, 0.5) is 10.1 Å². The zero-order valence-electron chi connectivity index (χ0n) is 13.4. The summed E-state index contributed by atoms with van der Waals surface area (Å²) in [5.74, 6) is -0.124. The average Bonchev–Trinajstić information content (AvgIpc) is 3.31.